The van der Waals surface area contributed by atoms with Crippen molar-refractivity contribution in [3.8, 4) is 0 Å². The number of hydrogen-bond donors (Lipinski definition) is 1. The number of rotatable bonds is 2. The zero-order valence-corrected chi connectivity index (χ0v) is 12.2. The number of piperidine rings is 1. The van der Waals surface area contributed by atoms with Crippen LogP contribution >= 0.6 is 0 Å². The second kappa shape index (κ2) is 5.64. The number of nitrogens with zero attached hydrogens (tertiary/aromatic N) is 2. The van der Waals surface area contributed by atoms with Gasteiger partial charge in [-0.25, -0.2) is 4.39 Å². The van der Waals surface area contributed by atoms with E-state index in [1.165, 1.54) is 0 Å². The molecule has 0 unspecified atom stereocenters. The molecular formula is C15H18FN3O3. The van der Waals surface area contributed by atoms with Crippen LogP contribution in [0.4, 0.5) is 10.1 Å². The molecule has 0 aromatic heterocycles. The fourth-order valence-electron chi connectivity index (χ4n) is 3.42. The summed E-state index contributed by atoms with van der Waals surface area (Å²) in [5.74, 6) is -1.09. The van der Waals surface area contributed by atoms with Crippen LogP contribution in [0.15, 0.2) is 18.2 Å². The third-order valence-corrected chi connectivity index (χ3v) is 4.83. The molecule has 2 saturated heterocycles. The lowest BCUT2D eigenvalue weighted by Crippen LogP contribution is -2.44. The highest BCUT2D eigenvalue weighted by Gasteiger charge is 2.39. The summed E-state index contributed by atoms with van der Waals surface area (Å²) in [6.07, 6.45) is 2.87. The molecule has 2 heterocycles. The van der Waals surface area contributed by atoms with E-state index in [2.05, 4.69) is 5.32 Å². The molecule has 6 nitrogen and oxygen atoms in total. The summed E-state index contributed by atoms with van der Waals surface area (Å²) < 4.78 is 13.4. The average molecular weight is 307 g/mol. The summed E-state index contributed by atoms with van der Waals surface area (Å²) in [7, 11) is 0. The molecule has 2 aliphatic rings. The molecule has 7 heteroatoms. The van der Waals surface area contributed by atoms with E-state index in [1.54, 1.807) is 4.90 Å². The first-order valence-corrected chi connectivity index (χ1v) is 7.45. The molecule has 0 aliphatic carbocycles. The lowest BCUT2D eigenvalue weighted by atomic mass is 9.78. The Morgan fingerprint density at radius 2 is 2.05 bits per heavy atom. The number of amides is 1. The molecule has 1 amide bonds. The Bertz CT molecular complexity index is 604. The van der Waals surface area contributed by atoms with Gasteiger partial charge in [0.15, 0.2) is 0 Å². The number of halogens is 1. The molecule has 3 rings (SSSR count). The summed E-state index contributed by atoms with van der Waals surface area (Å²) in [6.45, 7) is 3.10. The molecule has 2 aliphatic heterocycles. The number of nitrogens with one attached hydrogen (secondary N) is 1. The van der Waals surface area contributed by atoms with Crippen molar-refractivity contribution < 1.29 is 14.1 Å². The second-order valence-corrected chi connectivity index (χ2v) is 6.14. The number of nitro groups is 1. The maximum Gasteiger partial charge on any atom is 0.282 e. The minimum Gasteiger partial charge on any atom is -0.338 e. The average Bonchev–Trinajstić information content (AvgIpc) is 2.95. The summed E-state index contributed by atoms with van der Waals surface area (Å²) in [4.78, 5) is 24.5. The molecule has 118 valence electrons. The number of likely N-dealkylation sites (tertiary alicyclic amines) is 1. The fraction of sp³-hybridized carbons (Fsp3) is 0.533. The van der Waals surface area contributed by atoms with Gasteiger partial charge in [-0.15, -0.1) is 0 Å². The predicted octanol–water partition coefficient (Wildman–Crippen LogP) is 1.95. The summed E-state index contributed by atoms with van der Waals surface area (Å²) in [6, 6.07) is 3.02. The molecule has 22 heavy (non-hydrogen) atoms. The van der Waals surface area contributed by atoms with Gasteiger partial charge in [0.25, 0.3) is 11.6 Å². The molecule has 1 N–H and O–H groups in total. The van der Waals surface area contributed by atoms with E-state index in [0.717, 1.165) is 50.6 Å². The van der Waals surface area contributed by atoms with Crippen molar-refractivity contribution in [2.45, 2.75) is 19.3 Å². The minimum atomic E-state index is -0.640. The largest absolute Gasteiger partial charge is 0.338 e. The summed E-state index contributed by atoms with van der Waals surface area (Å²) in [5, 5.41) is 14.4. The lowest BCUT2D eigenvalue weighted by Gasteiger charge is -2.38. The first-order chi connectivity index (χ1) is 10.5. The van der Waals surface area contributed by atoms with Gasteiger partial charge >= 0.3 is 0 Å². The minimum absolute atomic E-state index is 0.162. The first kappa shape index (κ1) is 14.9. The van der Waals surface area contributed by atoms with Gasteiger partial charge in [0, 0.05) is 25.7 Å². The van der Waals surface area contributed by atoms with Crippen molar-refractivity contribution in [3.05, 3.63) is 39.7 Å². The Morgan fingerprint density at radius 1 is 1.32 bits per heavy atom. The van der Waals surface area contributed by atoms with Gasteiger partial charge in [0.1, 0.15) is 11.4 Å². The van der Waals surface area contributed by atoms with Gasteiger partial charge in [-0.05, 0) is 43.4 Å². The van der Waals surface area contributed by atoms with Gasteiger partial charge in [-0.1, -0.05) is 0 Å². The van der Waals surface area contributed by atoms with Crippen LogP contribution in [0.3, 0.4) is 0 Å². The van der Waals surface area contributed by atoms with Gasteiger partial charge in [-0.3, -0.25) is 14.9 Å². The first-order valence-electron chi connectivity index (χ1n) is 7.45. The highest BCUT2D eigenvalue weighted by Crippen LogP contribution is 2.37. The predicted molar refractivity (Wildman–Crippen MR) is 78.1 cm³/mol. The van der Waals surface area contributed by atoms with E-state index in [-0.39, 0.29) is 16.7 Å². The van der Waals surface area contributed by atoms with E-state index in [4.69, 9.17) is 0 Å². The zero-order valence-electron chi connectivity index (χ0n) is 12.2. The Labute approximate surface area is 127 Å². The molecule has 0 bridgehead atoms. The monoisotopic (exact) mass is 307 g/mol. The molecule has 1 aromatic rings. The summed E-state index contributed by atoms with van der Waals surface area (Å²) in [5.41, 5.74) is -0.246. The lowest BCUT2D eigenvalue weighted by molar-refractivity contribution is -0.385. The van der Waals surface area contributed by atoms with E-state index in [0.29, 0.717) is 13.1 Å². The quantitative estimate of drug-likeness (QED) is 0.669. The third kappa shape index (κ3) is 2.68. The van der Waals surface area contributed by atoms with Crippen molar-refractivity contribution in [1.29, 1.82) is 0 Å². The second-order valence-electron chi connectivity index (χ2n) is 6.14. The van der Waals surface area contributed by atoms with E-state index in [1.807, 2.05) is 0 Å². The Hall–Kier alpha value is -2.02. The highest BCUT2D eigenvalue weighted by molar-refractivity contribution is 5.98. The van der Waals surface area contributed by atoms with Crippen LogP contribution in [0, 0.1) is 21.3 Å². The Kier molecular flexibility index (Phi) is 3.82. The SMILES string of the molecule is O=C(c1cc(F)ccc1[N+](=O)[O-])N1CCC2(CCNC2)CC1. The maximum atomic E-state index is 13.4. The van der Waals surface area contributed by atoms with E-state index >= 15 is 0 Å². The number of nitro benzene ring substituents is 1. The van der Waals surface area contributed by atoms with Crippen molar-refractivity contribution >= 4 is 11.6 Å². The van der Waals surface area contributed by atoms with Crippen molar-refractivity contribution in [3.63, 3.8) is 0 Å². The smallest absolute Gasteiger partial charge is 0.282 e. The van der Waals surface area contributed by atoms with Crippen LogP contribution in [0.5, 0.6) is 0 Å². The van der Waals surface area contributed by atoms with Crippen LogP contribution < -0.4 is 5.32 Å². The fourth-order valence-corrected chi connectivity index (χ4v) is 3.42. The molecular weight excluding hydrogens is 289 g/mol. The number of carbonyl (C=O) groups excluding carboxylic acids is 1. The standard InChI is InChI=1S/C15H18FN3O3/c16-11-1-2-13(19(21)22)12(9-11)14(20)18-7-4-15(5-8-18)3-6-17-10-15/h1-2,9,17H,3-8,10H2. The Balaban J connectivity index is 1.77. The van der Waals surface area contributed by atoms with Crippen LogP contribution in [-0.2, 0) is 0 Å². The van der Waals surface area contributed by atoms with Crippen LogP contribution in [0.2, 0.25) is 0 Å². The number of benzene rings is 1. The van der Waals surface area contributed by atoms with Gasteiger partial charge in [0.05, 0.1) is 4.92 Å². The topological polar surface area (TPSA) is 75.5 Å². The molecule has 1 aromatic carbocycles. The van der Waals surface area contributed by atoms with Gasteiger partial charge in [-0.2, -0.15) is 0 Å². The highest BCUT2D eigenvalue weighted by atomic mass is 19.1. The van der Waals surface area contributed by atoms with Crippen LogP contribution in [-0.4, -0.2) is 41.9 Å². The summed E-state index contributed by atoms with van der Waals surface area (Å²) >= 11 is 0. The molecule has 1 spiro atoms. The molecule has 0 atom stereocenters. The van der Waals surface area contributed by atoms with Crippen molar-refractivity contribution in [2.24, 2.45) is 5.41 Å². The van der Waals surface area contributed by atoms with Crippen LogP contribution in [0.25, 0.3) is 0 Å². The third-order valence-electron chi connectivity index (χ3n) is 4.83. The van der Waals surface area contributed by atoms with Crippen molar-refractivity contribution in [2.75, 3.05) is 26.2 Å². The van der Waals surface area contributed by atoms with E-state index < -0.39 is 16.6 Å². The molecule has 0 saturated carbocycles. The number of hydrogen-bond acceptors (Lipinski definition) is 4. The maximum absolute atomic E-state index is 13.4. The molecule has 2 fully saturated rings. The Morgan fingerprint density at radius 3 is 2.64 bits per heavy atom. The van der Waals surface area contributed by atoms with E-state index in [9.17, 15) is 19.3 Å². The zero-order chi connectivity index (χ0) is 15.7. The van der Waals surface area contributed by atoms with Gasteiger partial charge < -0.3 is 10.2 Å². The molecule has 0 radical (unpaired) electrons. The normalized spacial score (nSPS) is 20.3. The van der Waals surface area contributed by atoms with Crippen molar-refractivity contribution in [1.82, 2.24) is 10.2 Å². The van der Waals surface area contributed by atoms with Crippen LogP contribution in [0.1, 0.15) is 29.6 Å². The number of carbonyl (C=O) groups is 1. The van der Waals surface area contributed by atoms with Gasteiger partial charge in [0.2, 0.25) is 0 Å².